The van der Waals surface area contributed by atoms with Crippen LogP contribution in [0.25, 0.3) is 0 Å². The molecule has 0 rings (SSSR count). The summed E-state index contributed by atoms with van der Waals surface area (Å²) >= 11 is 0. The van der Waals surface area contributed by atoms with Gasteiger partial charge in [0, 0.05) is 19.3 Å². The Morgan fingerprint density at radius 3 is 0.962 bits per heavy atom. The molecule has 0 aliphatic rings. The normalized spacial score (nSPS) is 12.0. The van der Waals surface area contributed by atoms with Crippen molar-refractivity contribution < 1.29 is 28.6 Å². The van der Waals surface area contributed by atoms with Crippen molar-refractivity contribution in [2.24, 2.45) is 0 Å². The van der Waals surface area contributed by atoms with Crippen LogP contribution in [0.1, 0.15) is 252 Å². The van der Waals surface area contributed by atoms with E-state index in [2.05, 4.69) is 32.9 Å². The van der Waals surface area contributed by atoms with Gasteiger partial charge >= 0.3 is 17.9 Å². The first-order chi connectivity index (χ1) is 26.0. The fourth-order valence-corrected chi connectivity index (χ4v) is 6.73. The second-order valence-electron chi connectivity index (χ2n) is 15.7. The molecule has 0 aromatic carbocycles. The second-order valence-corrected chi connectivity index (χ2v) is 15.7. The maximum atomic E-state index is 12.7. The van der Waals surface area contributed by atoms with Gasteiger partial charge in [-0.3, -0.25) is 14.4 Å². The van der Waals surface area contributed by atoms with E-state index in [-0.39, 0.29) is 31.1 Å². The Bertz CT molecular complexity index is 824. The zero-order valence-corrected chi connectivity index (χ0v) is 35.6. The molecule has 312 valence electrons. The van der Waals surface area contributed by atoms with Crippen LogP contribution in [0.5, 0.6) is 0 Å². The highest BCUT2D eigenvalue weighted by molar-refractivity contribution is 5.71. The molecule has 0 radical (unpaired) electrons. The van der Waals surface area contributed by atoms with Gasteiger partial charge < -0.3 is 14.2 Å². The Morgan fingerprint density at radius 2 is 0.623 bits per heavy atom. The average molecular weight is 749 g/mol. The predicted molar refractivity (Wildman–Crippen MR) is 224 cm³/mol. The molecule has 0 N–H and O–H groups in total. The number of hydrogen-bond donors (Lipinski definition) is 0. The van der Waals surface area contributed by atoms with Gasteiger partial charge in [0.2, 0.25) is 0 Å². The third kappa shape index (κ3) is 41.2. The molecule has 0 spiro atoms. The summed E-state index contributed by atoms with van der Waals surface area (Å²) in [7, 11) is 0. The fourth-order valence-electron chi connectivity index (χ4n) is 6.73. The van der Waals surface area contributed by atoms with E-state index in [4.69, 9.17) is 14.2 Å². The lowest BCUT2D eigenvalue weighted by atomic mass is 10.0. The lowest BCUT2D eigenvalue weighted by molar-refractivity contribution is -0.167. The molecule has 0 saturated heterocycles. The predicted octanol–water partition coefficient (Wildman–Crippen LogP) is 14.6. The monoisotopic (exact) mass is 749 g/mol. The summed E-state index contributed by atoms with van der Waals surface area (Å²) in [6, 6.07) is 0. The molecule has 53 heavy (non-hydrogen) atoms. The van der Waals surface area contributed by atoms with E-state index in [0.29, 0.717) is 19.3 Å². The lowest BCUT2D eigenvalue weighted by Crippen LogP contribution is -2.30. The van der Waals surface area contributed by atoms with Crippen molar-refractivity contribution in [1.29, 1.82) is 0 Å². The number of rotatable bonds is 42. The number of allylic oxidation sites excluding steroid dienone is 2. The smallest absolute Gasteiger partial charge is 0.306 e. The molecule has 0 aromatic rings. The first kappa shape index (κ1) is 51.1. The quantitative estimate of drug-likeness (QED) is 0.0268. The number of unbranched alkanes of at least 4 members (excludes halogenated alkanes) is 29. The number of ether oxygens (including phenoxy) is 3. The maximum absolute atomic E-state index is 12.7. The molecule has 0 bridgehead atoms. The van der Waals surface area contributed by atoms with E-state index in [1.54, 1.807) is 0 Å². The Balaban J connectivity index is 4.27. The lowest BCUT2D eigenvalue weighted by Gasteiger charge is -2.18. The molecule has 1 atom stereocenters. The molecule has 0 amide bonds. The van der Waals surface area contributed by atoms with Crippen molar-refractivity contribution in [1.82, 2.24) is 0 Å². The van der Waals surface area contributed by atoms with Crippen LogP contribution in [0, 0.1) is 0 Å². The van der Waals surface area contributed by atoms with Gasteiger partial charge in [-0.15, -0.1) is 0 Å². The van der Waals surface area contributed by atoms with Crippen LogP contribution in [-0.2, 0) is 28.6 Å². The van der Waals surface area contributed by atoms with Gasteiger partial charge in [-0.1, -0.05) is 200 Å². The molecule has 0 aliphatic carbocycles. The Labute approximate surface area is 329 Å². The second kappa shape index (κ2) is 42.9. The van der Waals surface area contributed by atoms with Crippen LogP contribution in [0.15, 0.2) is 12.2 Å². The Hall–Kier alpha value is -1.85. The van der Waals surface area contributed by atoms with Crippen LogP contribution in [0.2, 0.25) is 0 Å². The van der Waals surface area contributed by atoms with Crippen molar-refractivity contribution in [3.8, 4) is 0 Å². The van der Waals surface area contributed by atoms with Crippen LogP contribution in [0.3, 0.4) is 0 Å². The van der Waals surface area contributed by atoms with E-state index < -0.39 is 6.10 Å². The summed E-state index contributed by atoms with van der Waals surface area (Å²) in [6.45, 7) is 6.59. The van der Waals surface area contributed by atoms with Crippen molar-refractivity contribution >= 4 is 17.9 Å². The van der Waals surface area contributed by atoms with Crippen LogP contribution in [-0.4, -0.2) is 37.2 Å². The van der Waals surface area contributed by atoms with Gasteiger partial charge in [-0.2, -0.15) is 0 Å². The van der Waals surface area contributed by atoms with Crippen LogP contribution >= 0.6 is 0 Å². The zero-order valence-electron chi connectivity index (χ0n) is 35.6. The number of hydrogen-bond acceptors (Lipinski definition) is 6. The van der Waals surface area contributed by atoms with Gasteiger partial charge in [0.1, 0.15) is 13.2 Å². The third-order valence-corrected chi connectivity index (χ3v) is 10.3. The number of carbonyl (C=O) groups is 3. The summed E-state index contributed by atoms with van der Waals surface area (Å²) in [5.74, 6) is -0.876. The first-order valence-corrected chi connectivity index (χ1v) is 23.2. The van der Waals surface area contributed by atoms with Crippen LogP contribution in [0.4, 0.5) is 0 Å². The molecule has 0 fully saturated rings. The number of carbonyl (C=O) groups excluding carboxylic acids is 3. The highest BCUT2D eigenvalue weighted by atomic mass is 16.6. The third-order valence-electron chi connectivity index (χ3n) is 10.3. The van der Waals surface area contributed by atoms with E-state index in [1.165, 1.54) is 148 Å². The molecule has 6 heteroatoms. The largest absolute Gasteiger partial charge is 0.462 e. The standard InChI is InChI=1S/C47H88O6/c1-4-7-10-13-16-18-20-22-23-25-26-28-31-34-37-40-46(49)52-43-44(42-51-45(48)39-36-33-30-15-12-9-6-3)53-47(50)41-38-35-32-29-27-24-21-19-17-14-11-8-5-2/h19,21,44H,4-18,20,22-43H2,1-3H3/b21-19-. The molecule has 0 saturated carbocycles. The molecule has 0 heterocycles. The van der Waals surface area contributed by atoms with Crippen molar-refractivity contribution in [2.75, 3.05) is 13.2 Å². The summed E-state index contributed by atoms with van der Waals surface area (Å²) in [5.41, 5.74) is 0. The van der Waals surface area contributed by atoms with Gasteiger partial charge in [-0.25, -0.2) is 0 Å². The fraction of sp³-hybridized carbons (Fsp3) is 0.894. The summed E-state index contributed by atoms with van der Waals surface area (Å²) in [5, 5.41) is 0. The Kier molecular flexibility index (Phi) is 41.4. The topological polar surface area (TPSA) is 78.9 Å². The van der Waals surface area contributed by atoms with Gasteiger partial charge in [0.25, 0.3) is 0 Å². The minimum absolute atomic E-state index is 0.0693. The molecule has 0 aromatic heterocycles. The first-order valence-electron chi connectivity index (χ1n) is 23.2. The molecule has 0 aliphatic heterocycles. The molecular formula is C47H88O6. The van der Waals surface area contributed by atoms with Gasteiger partial charge in [-0.05, 0) is 44.9 Å². The molecular weight excluding hydrogens is 661 g/mol. The molecule has 1 unspecified atom stereocenters. The number of esters is 3. The summed E-state index contributed by atoms with van der Waals surface area (Å²) < 4.78 is 16.7. The van der Waals surface area contributed by atoms with Gasteiger partial charge in [0.15, 0.2) is 6.10 Å². The molecule has 6 nitrogen and oxygen atoms in total. The van der Waals surface area contributed by atoms with Gasteiger partial charge in [0.05, 0.1) is 0 Å². The van der Waals surface area contributed by atoms with Crippen molar-refractivity contribution in [2.45, 2.75) is 258 Å². The minimum atomic E-state index is -0.765. The van der Waals surface area contributed by atoms with Crippen LogP contribution < -0.4 is 0 Å². The summed E-state index contributed by atoms with van der Waals surface area (Å²) in [4.78, 5) is 37.6. The van der Waals surface area contributed by atoms with E-state index in [1.807, 2.05) is 0 Å². The van der Waals surface area contributed by atoms with Crippen molar-refractivity contribution in [3.05, 3.63) is 12.2 Å². The van der Waals surface area contributed by atoms with E-state index >= 15 is 0 Å². The van der Waals surface area contributed by atoms with E-state index in [0.717, 1.165) is 64.2 Å². The Morgan fingerprint density at radius 1 is 0.358 bits per heavy atom. The summed E-state index contributed by atoms with van der Waals surface area (Å²) in [6.07, 6.45) is 44.9. The highest BCUT2D eigenvalue weighted by Crippen LogP contribution is 2.15. The average Bonchev–Trinajstić information content (AvgIpc) is 3.15. The van der Waals surface area contributed by atoms with E-state index in [9.17, 15) is 14.4 Å². The SMILES string of the molecule is CCCCCC/C=C\CCCCCCCC(=O)OC(COC(=O)CCCCCCCCC)COC(=O)CCCCCCCCCCCCCCCCC. The minimum Gasteiger partial charge on any atom is -0.462 e. The zero-order chi connectivity index (χ0) is 38.7. The van der Waals surface area contributed by atoms with Crippen molar-refractivity contribution in [3.63, 3.8) is 0 Å². The maximum Gasteiger partial charge on any atom is 0.306 e. The highest BCUT2D eigenvalue weighted by Gasteiger charge is 2.19.